The molecular formula is C23H36N2O3. The molecule has 0 amide bonds. The monoisotopic (exact) mass is 388 g/mol. The number of fused-ring (bicyclic) bond motifs is 1. The van der Waals surface area contributed by atoms with Crippen molar-refractivity contribution in [1.29, 1.82) is 0 Å². The first-order valence-electron chi connectivity index (χ1n) is 10.8. The van der Waals surface area contributed by atoms with Crippen molar-refractivity contribution >= 4 is 5.69 Å². The van der Waals surface area contributed by atoms with Gasteiger partial charge in [-0.1, -0.05) is 45.9 Å². The largest absolute Gasteiger partial charge is 0.497 e. The second kappa shape index (κ2) is 8.05. The van der Waals surface area contributed by atoms with Gasteiger partial charge in [-0.3, -0.25) is 4.90 Å². The van der Waals surface area contributed by atoms with Gasteiger partial charge in [0, 0.05) is 42.7 Å². The van der Waals surface area contributed by atoms with Crippen LogP contribution in [0.1, 0.15) is 39.7 Å². The van der Waals surface area contributed by atoms with Crippen molar-refractivity contribution in [3.05, 3.63) is 35.9 Å². The van der Waals surface area contributed by atoms with E-state index in [2.05, 4.69) is 34.1 Å². The molecule has 5 nitrogen and oxygen atoms in total. The molecule has 1 aliphatic carbocycles. The van der Waals surface area contributed by atoms with Crippen molar-refractivity contribution < 1.29 is 14.9 Å². The summed E-state index contributed by atoms with van der Waals surface area (Å²) in [4.78, 5) is 4.66. The van der Waals surface area contributed by atoms with Crippen LogP contribution < -0.4 is 9.64 Å². The highest BCUT2D eigenvalue weighted by atomic mass is 16.5. The van der Waals surface area contributed by atoms with Crippen LogP contribution in [-0.2, 0) is 5.41 Å². The lowest BCUT2D eigenvalue weighted by molar-refractivity contribution is -0.0912. The lowest BCUT2D eigenvalue weighted by Gasteiger charge is -2.54. The van der Waals surface area contributed by atoms with Gasteiger partial charge in [0.2, 0.25) is 0 Å². The molecule has 1 aromatic carbocycles. The fraction of sp³-hybridized carbons (Fsp3) is 0.652. The summed E-state index contributed by atoms with van der Waals surface area (Å²) >= 11 is 0. The number of likely N-dealkylation sites (N-methyl/N-ethyl adjacent to an activating group) is 1. The number of aliphatic hydroxyl groups excluding tert-OH is 2. The molecule has 1 spiro atoms. The topological polar surface area (TPSA) is 56.2 Å². The lowest BCUT2D eigenvalue weighted by atomic mass is 9.58. The molecule has 28 heavy (non-hydrogen) atoms. The van der Waals surface area contributed by atoms with E-state index in [1.165, 1.54) is 5.56 Å². The number of nitrogens with zero attached hydrogens (tertiary/aromatic N) is 2. The van der Waals surface area contributed by atoms with Gasteiger partial charge in [0.25, 0.3) is 0 Å². The smallest absolute Gasteiger partial charge is 0.120 e. The Morgan fingerprint density at radius 1 is 1.07 bits per heavy atom. The molecule has 5 rings (SSSR count). The number of benzene rings is 1. The maximum absolute atomic E-state index is 11.0. The maximum atomic E-state index is 11.0. The van der Waals surface area contributed by atoms with E-state index >= 15 is 0 Å². The van der Waals surface area contributed by atoms with E-state index < -0.39 is 12.2 Å². The van der Waals surface area contributed by atoms with Crippen LogP contribution >= 0.6 is 0 Å². The van der Waals surface area contributed by atoms with Crippen LogP contribution in [0.2, 0.25) is 0 Å². The van der Waals surface area contributed by atoms with E-state index in [1.54, 1.807) is 7.11 Å². The zero-order valence-electron chi connectivity index (χ0n) is 18.1. The highest BCUT2D eigenvalue weighted by Gasteiger charge is 2.67. The summed E-state index contributed by atoms with van der Waals surface area (Å²) in [6, 6.07) is 6.43. The molecule has 156 valence electrons. The number of hydrogen-bond donors (Lipinski definition) is 2. The van der Waals surface area contributed by atoms with Crippen LogP contribution in [-0.4, -0.2) is 66.7 Å². The summed E-state index contributed by atoms with van der Waals surface area (Å²) in [6.07, 6.45) is 3.82. The Morgan fingerprint density at radius 2 is 1.79 bits per heavy atom. The normalized spacial score (nSPS) is 37.0. The quantitative estimate of drug-likeness (QED) is 0.725. The molecule has 6 atom stereocenters. The van der Waals surface area contributed by atoms with Crippen molar-refractivity contribution in [3.63, 3.8) is 0 Å². The number of rotatable bonds is 1. The Hall–Kier alpha value is -1.56. The van der Waals surface area contributed by atoms with E-state index in [9.17, 15) is 10.2 Å². The Labute approximate surface area is 169 Å². The van der Waals surface area contributed by atoms with E-state index in [1.807, 2.05) is 40.8 Å². The summed E-state index contributed by atoms with van der Waals surface area (Å²) < 4.78 is 5.41. The minimum absolute atomic E-state index is 0.00560. The van der Waals surface area contributed by atoms with Crippen molar-refractivity contribution in [1.82, 2.24) is 4.90 Å². The van der Waals surface area contributed by atoms with Gasteiger partial charge in [-0.05, 0) is 24.6 Å². The molecule has 6 unspecified atom stereocenters. The van der Waals surface area contributed by atoms with Crippen molar-refractivity contribution in [3.8, 4) is 5.75 Å². The van der Waals surface area contributed by atoms with Gasteiger partial charge in [-0.2, -0.15) is 0 Å². The third-order valence-electron chi connectivity index (χ3n) is 6.90. The third kappa shape index (κ3) is 2.63. The van der Waals surface area contributed by atoms with Crippen LogP contribution in [0.25, 0.3) is 0 Å². The van der Waals surface area contributed by atoms with Crippen LogP contribution in [0, 0.1) is 5.92 Å². The summed E-state index contributed by atoms with van der Waals surface area (Å²) in [5, 5.41) is 21.8. The van der Waals surface area contributed by atoms with Crippen LogP contribution in [0.5, 0.6) is 5.75 Å². The number of anilines is 1. The summed E-state index contributed by atoms with van der Waals surface area (Å²) in [5.41, 5.74) is 2.31. The molecule has 0 radical (unpaired) electrons. The summed E-state index contributed by atoms with van der Waals surface area (Å²) in [5.74, 6) is 0.828. The number of hydrogen-bond acceptors (Lipinski definition) is 5. The predicted octanol–water partition coefficient (Wildman–Crippen LogP) is 2.80. The summed E-state index contributed by atoms with van der Waals surface area (Å²) in [6.45, 7) is 9.95. The molecule has 3 heterocycles. The fourth-order valence-electron chi connectivity index (χ4n) is 6.04. The van der Waals surface area contributed by atoms with Crippen LogP contribution in [0.3, 0.4) is 0 Å². The van der Waals surface area contributed by atoms with E-state index in [4.69, 9.17) is 4.74 Å². The summed E-state index contributed by atoms with van der Waals surface area (Å²) in [7, 11) is 3.72. The molecule has 0 bridgehead atoms. The molecule has 2 N–H and O–H groups in total. The van der Waals surface area contributed by atoms with Crippen LogP contribution in [0.15, 0.2) is 30.4 Å². The molecule has 0 aromatic heterocycles. The number of methoxy groups -OCH3 is 1. The van der Waals surface area contributed by atoms with E-state index in [0.29, 0.717) is 0 Å². The first-order chi connectivity index (χ1) is 13.6. The number of ether oxygens (including phenoxy) is 1. The Bertz CT molecular complexity index is 722. The zero-order chi connectivity index (χ0) is 20.6. The standard InChI is InChI=1S/C19H24N2O3.2C2H6/c1-20-14-10-11(24-2)5-6-13(14)19-7-9-21-8-3-4-12(17(19)21)15(22)16(23)18(19)20;2*1-2/h3-6,10,12,15-18,22-23H,7-9H2,1-2H3;2*1-2H3. The van der Waals surface area contributed by atoms with Crippen molar-refractivity contribution in [2.75, 3.05) is 32.1 Å². The van der Waals surface area contributed by atoms with Gasteiger partial charge in [0.05, 0.1) is 19.3 Å². The first kappa shape index (κ1) is 21.2. The average molecular weight is 389 g/mol. The molecule has 1 saturated carbocycles. The number of aliphatic hydroxyl groups is 2. The van der Waals surface area contributed by atoms with E-state index in [-0.39, 0.29) is 23.4 Å². The zero-order valence-corrected chi connectivity index (χ0v) is 18.1. The van der Waals surface area contributed by atoms with Gasteiger partial charge in [-0.15, -0.1) is 0 Å². The van der Waals surface area contributed by atoms with Gasteiger partial charge in [-0.25, -0.2) is 0 Å². The molecule has 1 aromatic rings. The van der Waals surface area contributed by atoms with Gasteiger partial charge >= 0.3 is 0 Å². The first-order valence-corrected chi connectivity index (χ1v) is 10.8. The highest BCUT2D eigenvalue weighted by Crippen LogP contribution is 2.60. The Morgan fingerprint density at radius 3 is 2.46 bits per heavy atom. The van der Waals surface area contributed by atoms with Gasteiger partial charge in [0.1, 0.15) is 11.9 Å². The van der Waals surface area contributed by atoms with Crippen molar-refractivity contribution in [2.45, 2.75) is 63.8 Å². The molecule has 5 heteroatoms. The second-order valence-electron chi connectivity index (χ2n) is 7.66. The Kier molecular flexibility index (Phi) is 6.08. The minimum atomic E-state index is -0.752. The Balaban J connectivity index is 0.000000531. The average Bonchev–Trinajstić information content (AvgIpc) is 3.26. The SMILES string of the molecule is CC.CC.COc1ccc2c(c1)N(C)C1C(O)C(O)C3C=CCN4CCC21C34. The third-order valence-corrected chi connectivity index (χ3v) is 6.90. The molecule has 4 aliphatic rings. The minimum Gasteiger partial charge on any atom is -0.497 e. The van der Waals surface area contributed by atoms with Gasteiger partial charge in [0.15, 0.2) is 0 Å². The van der Waals surface area contributed by atoms with Crippen molar-refractivity contribution in [2.24, 2.45) is 5.92 Å². The highest BCUT2D eigenvalue weighted by molar-refractivity contribution is 5.69. The molecule has 2 fully saturated rings. The second-order valence-corrected chi connectivity index (χ2v) is 7.66. The predicted molar refractivity (Wildman–Crippen MR) is 114 cm³/mol. The maximum Gasteiger partial charge on any atom is 0.120 e. The molecule has 1 saturated heterocycles. The van der Waals surface area contributed by atoms with Gasteiger partial charge < -0.3 is 19.8 Å². The van der Waals surface area contributed by atoms with E-state index in [0.717, 1.165) is 30.9 Å². The molecular weight excluding hydrogens is 352 g/mol. The molecule has 3 aliphatic heterocycles. The van der Waals surface area contributed by atoms with Crippen LogP contribution in [0.4, 0.5) is 5.69 Å². The lowest BCUT2D eigenvalue weighted by Crippen LogP contribution is -2.69. The fourth-order valence-corrected chi connectivity index (χ4v) is 6.04.